The zero-order valence-corrected chi connectivity index (χ0v) is 14.2. The number of hydrogen-bond acceptors (Lipinski definition) is 6. The van der Waals surface area contributed by atoms with Crippen LogP contribution in [-0.4, -0.2) is 56.2 Å². The SMILES string of the molecule is COCc1csc(NC(=O)NC2CCCN(S(C)(=O)=O)C2)n1. The average molecular weight is 348 g/mol. The number of aromatic nitrogens is 1. The molecule has 0 spiro atoms. The Balaban J connectivity index is 1.85. The third kappa shape index (κ3) is 4.90. The summed E-state index contributed by atoms with van der Waals surface area (Å²) in [5.41, 5.74) is 0.753. The summed E-state index contributed by atoms with van der Waals surface area (Å²) in [5, 5.41) is 7.74. The van der Waals surface area contributed by atoms with E-state index in [0.29, 0.717) is 24.8 Å². The Hall–Kier alpha value is -1.23. The molecule has 1 aromatic rings. The van der Waals surface area contributed by atoms with Crippen LogP contribution in [0.5, 0.6) is 0 Å². The monoisotopic (exact) mass is 348 g/mol. The second kappa shape index (κ2) is 7.36. The standard InChI is InChI=1S/C12H20N4O4S2/c1-20-7-10-8-21-12(14-10)15-11(17)13-9-4-3-5-16(6-9)22(2,18)19/h8-9H,3-7H2,1-2H3,(H2,13,14,15,17). The Kier molecular flexibility index (Phi) is 5.73. The highest BCUT2D eigenvalue weighted by Gasteiger charge is 2.26. The minimum Gasteiger partial charge on any atom is -0.378 e. The largest absolute Gasteiger partial charge is 0.378 e. The molecule has 1 unspecified atom stereocenters. The molecule has 1 aromatic heterocycles. The molecule has 2 N–H and O–H groups in total. The van der Waals surface area contributed by atoms with E-state index in [1.165, 1.54) is 21.9 Å². The smallest absolute Gasteiger partial charge is 0.321 e. The number of carbonyl (C=O) groups is 1. The van der Waals surface area contributed by atoms with E-state index in [2.05, 4.69) is 15.6 Å². The van der Waals surface area contributed by atoms with Crippen LogP contribution in [0.25, 0.3) is 0 Å². The number of piperidine rings is 1. The number of hydrogen-bond donors (Lipinski definition) is 2. The summed E-state index contributed by atoms with van der Waals surface area (Å²) in [4.78, 5) is 16.2. The van der Waals surface area contributed by atoms with E-state index in [1.807, 2.05) is 5.38 Å². The van der Waals surface area contributed by atoms with Gasteiger partial charge in [-0.1, -0.05) is 0 Å². The van der Waals surface area contributed by atoms with Crippen LogP contribution in [0.15, 0.2) is 5.38 Å². The topological polar surface area (TPSA) is 101 Å². The number of rotatable bonds is 5. The van der Waals surface area contributed by atoms with E-state index < -0.39 is 10.0 Å². The number of sulfonamides is 1. The van der Waals surface area contributed by atoms with Crippen molar-refractivity contribution in [1.29, 1.82) is 0 Å². The molecular weight excluding hydrogens is 328 g/mol. The zero-order valence-electron chi connectivity index (χ0n) is 12.5. The second-order valence-electron chi connectivity index (χ2n) is 5.14. The maximum atomic E-state index is 11.9. The predicted molar refractivity (Wildman–Crippen MR) is 84.4 cm³/mol. The number of thiazole rings is 1. The number of urea groups is 1. The van der Waals surface area contributed by atoms with Gasteiger partial charge in [0.1, 0.15) is 0 Å². The fourth-order valence-corrected chi connectivity index (χ4v) is 3.86. The maximum absolute atomic E-state index is 11.9. The summed E-state index contributed by atoms with van der Waals surface area (Å²) >= 11 is 1.32. The van der Waals surface area contributed by atoms with Gasteiger partial charge in [-0.3, -0.25) is 5.32 Å². The Morgan fingerprint density at radius 1 is 1.59 bits per heavy atom. The van der Waals surface area contributed by atoms with Crippen LogP contribution in [0.3, 0.4) is 0 Å². The van der Waals surface area contributed by atoms with E-state index in [0.717, 1.165) is 18.5 Å². The van der Waals surface area contributed by atoms with E-state index in [4.69, 9.17) is 4.74 Å². The molecule has 0 aliphatic carbocycles. The Labute approximate surface area is 133 Å². The summed E-state index contributed by atoms with van der Waals surface area (Å²) in [7, 11) is -1.64. The average Bonchev–Trinajstić information content (AvgIpc) is 2.85. The number of methoxy groups -OCH3 is 1. The Morgan fingerprint density at radius 3 is 3.05 bits per heavy atom. The van der Waals surface area contributed by atoms with Crippen LogP contribution in [0, 0.1) is 0 Å². The summed E-state index contributed by atoms with van der Waals surface area (Å²) < 4.78 is 29.5. The first kappa shape index (κ1) is 17.1. The number of nitrogens with one attached hydrogen (secondary N) is 2. The molecule has 1 aliphatic rings. The van der Waals surface area contributed by atoms with Crippen molar-refractivity contribution in [3.8, 4) is 0 Å². The summed E-state index contributed by atoms with van der Waals surface area (Å²) in [6.45, 7) is 1.20. The molecule has 2 amide bonds. The van der Waals surface area contributed by atoms with Crippen molar-refractivity contribution in [3.63, 3.8) is 0 Å². The predicted octanol–water partition coefficient (Wildman–Crippen LogP) is 0.835. The van der Waals surface area contributed by atoms with Crippen LogP contribution in [0.1, 0.15) is 18.5 Å². The molecule has 0 saturated carbocycles. The molecule has 22 heavy (non-hydrogen) atoms. The summed E-state index contributed by atoms with van der Waals surface area (Å²) in [6.07, 6.45) is 2.67. The fraction of sp³-hybridized carbons (Fsp3) is 0.667. The minimum atomic E-state index is -3.22. The van der Waals surface area contributed by atoms with Crippen LogP contribution < -0.4 is 10.6 Å². The van der Waals surface area contributed by atoms with Crippen LogP contribution in [0.2, 0.25) is 0 Å². The van der Waals surface area contributed by atoms with Crippen molar-refractivity contribution in [3.05, 3.63) is 11.1 Å². The van der Waals surface area contributed by atoms with Gasteiger partial charge in [0.15, 0.2) is 5.13 Å². The van der Waals surface area contributed by atoms with Crippen molar-refractivity contribution in [2.45, 2.75) is 25.5 Å². The van der Waals surface area contributed by atoms with E-state index in [-0.39, 0.29) is 12.1 Å². The number of ether oxygens (including phenoxy) is 1. The van der Waals surface area contributed by atoms with E-state index in [9.17, 15) is 13.2 Å². The van der Waals surface area contributed by atoms with Gasteiger partial charge >= 0.3 is 6.03 Å². The van der Waals surface area contributed by atoms with Crippen molar-refractivity contribution in [2.75, 3.05) is 31.8 Å². The lowest BCUT2D eigenvalue weighted by atomic mass is 10.1. The molecule has 124 valence electrons. The van der Waals surface area contributed by atoms with Gasteiger partial charge in [-0.05, 0) is 12.8 Å². The molecule has 0 bridgehead atoms. The first-order chi connectivity index (χ1) is 10.4. The normalized spacial score (nSPS) is 19.8. The summed E-state index contributed by atoms with van der Waals surface area (Å²) in [5.74, 6) is 0. The Bertz CT molecular complexity index is 616. The molecule has 1 saturated heterocycles. The van der Waals surface area contributed by atoms with E-state index in [1.54, 1.807) is 7.11 Å². The number of amides is 2. The number of anilines is 1. The third-order valence-corrected chi connectivity index (χ3v) is 5.33. The van der Waals surface area contributed by atoms with Crippen molar-refractivity contribution >= 4 is 32.5 Å². The van der Waals surface area contributed by atoms with Crippen molar-refractivity contribution < 1.29 is 17.9 Å². The maximum Gasteiger partial charge on any atom is 0.321 e. The van der Waals surface area contributed by atoms with Gasteiger partial charge in [0, 0.05) is 31.6 Å². The summed E-state index contributed by atoms with van der Waals surface area (Å²) in [6, 6.07) is -0.569. The van der Waals surface area contributed by atoms with Crippen LogP contribution in [-0.2, 0) is 21.4 Å². The van der Waals surface area contributed by atoms with Crippen LogP contribution >= 0.6 is 11.3 Å². The lowest BCUT2D eigenvalue weighted by Gasteiger charge is -2.31. The highest BCUT2D eigenvalue weighted by molar-refractivity contribution is 7.88. The first-order valence-corrected chi connectivity index (χ1v) is 9.57. The molecule has 2 rings (SSSR count). The molecule has 1 atom stereocenters. The van der Waals surface area contributed by atoms with Crippen LogP contribution in [0.4, 0.5) is 9.93 Å². The molecule has 0 aromatic carbocycles. The van der Waals surface area contributed by atoms with E-state index >= 15 is 0 Å². The molecule has 1 fully saturated rings. The molecule has 8 nitrogen and oxygen atoms in total. The number of nitrogens with zero attached hydrogens (tertiary/aromatic N) is 2. The zero-order chi connectivity index (χ0) is 16.2. The van der Waals surface area contributed by atoms with Gasteiger partial charge in [-0.2, -0.15) is 0 Å². The van der Waals surface area contributed by atoms with Gasteiger partial charge < -0.3 is 10.1 Å². The lowest BCUT2D eigenvalue weighted by Crippen LogP contribution is -2.50. The fourth-order valence-electron chi connectivity index (χ4n) is 2.26. The van der Waals surface area contributed by atoms with Crippen molar-refractivity contribution in [1.82, 2.24) is 14.6 Å². The molecule has 2 heterocycles. The third-order valence-electron chi connectivity index (χ3n) is 3.25. The van der Waals surface area contributed by atoms with Crippen molar-refractivity contribution in [2.24, 2.45) is 0 Å². The quantitative estimate of drug-likeness (QED) is 0.821. The molecule has 1 aliphatic heterocycles. The molecule has 0 radical (unpaired) electrons. The Morgan fingerprint density at radius 2 is 2.36 bits per heavy atom. The molecular formula is C12H20N4O4S2. The molecule has 10 heteroatoms. The first-order valence-electron chi connectivity index (χ1n) is 6.84. The highest BCUT2D eigenvalue weighted by Crippen LogP contribution is 2.16. The van der Waals surface area contributed by atoms with Gasteiger partial charge in [-0.15, -0.1) is 11.3 Å². The van der Waals surface area contributed by atoms with Gasteiger partial charge in [0.2, 0.25) is 10.0 Å². The lowest BCUT2D eigenvalue weighted by molar-refractivity contribution is 0.182. The minimum absolute atomic E-state index is 0.193. The van der Waals surface area contributed by atoms with Gasteiger partial charge in [0.05, 0.1) is 18.6 Å². The number of carbonyl (C=O) groups excluding carboxylic acids is 1. The highest BCUT2D eigenvalue weighted by atomic mass is 32.2. The van der Waals surface area contributed by atoms with Gasteiger partial charge in [0.25, 0.3) is 0 Å². The second-order valence-corrected chi connectivity index (χ2v) is 7.98. The van der Waals surface area contributed by atoms with Gasteiger partial charge in [-0.25, -0.2) is 22.5 Å².